The summed E-state index contributed by atoms with van der Waals surface area (Å²) >= 11 is 5.86. The van der Waals surface area contributed by atoms with Crippen molar-refractivity contribution in [2.45, 2.75) is 45.3 Å². The number of nitrogens with one attached hydrogen (secondary N) is 1. The van der Waals surface area contributed by atoms with Gasteiger partial charge in [-0.15, -0.1) is 0 Å². The second kappa shape index (κ2) is 5.38. The van der Waals surface area contributed by atoms with Crippen molar-refractivity contribution in [1.29, 1.82) is 0 Å². The van der Waals surface area contributed by atoms with Crippen molar-refractivity contribution in [2.24, 2.45) is 0 Å². The lowest BCUT2D eigenvalue weighted by molar-refractivity contribution is 0.0266. The van der Waals surface area contributed by atoms with Crippen LogP contribution in [-0.2, 0) is 5.60 Å². The Hall–Kier alpha value is -0.570. The minimum absolute atomic E-state index is 0.00439. The molecule has 2 N–H and O–H groups in total. The molecule has 0 saturated carbocycles. The Bertz CT molecular complexity index is 355. The predicted molar refractivity (Wildman–Crippen MR) is 73.4 cm³/mol. The molecule has 2 nitrogen and oxygen atoms in total. The number of hydrogen-bond donors (Lipinski definition) is 2. The molecular formula is C14H22ClNO. The molecule has 0 fully saturated rings. The minimum atomic E-state index is -0.835. The van der Waals surface area contributed by atoms with Gasteiger partial charge in [-0.2, -0.15) is 0 Å². The molecule has 0 amide bonds. The van der Waals surface area contributed by atoms with Crippen molar-refractivity contribution in [2.75, 3.05) is 6.54 Å². The lowest BCUT2D eigenvalue weighted by atomic mass is 9.90. The molecule has 1 aromatic rings. The van der Waals surface area contributed by atoms with Crippen LogP contribution in [0.4, 0.5) is 0 Å². The molecule has 0 aliphatic carbocycles. The summed E-state index contributed by atoms with van der Waals surface area (Å²) in [5.74, 6) is 0. The van der Waals surface area contributed by atoms with Crippen LogP contribution in [0.1, 0.15) is 39.7 Å². The van der Waals surface area contributed by atoms with E-state index in [2.05, 4.69) is 26.1 Å². The molecule has 0 aromatic heterocycles. The van der Waals surface area contributed by atoms with Crippen LogP contribution in [0.15, 0.2) is 24.3 Å². The average Bonchev–Trinajstić information content (AvgIpc) is 2.26. The van der Waals surface area contributed by atoms with Crippen LogP contribution in [0.5, 0.6) is 0 Å². The van der Waals surface area contributed by atoms with Crippen molar-refractivity contribution >= 4 is 11.6 Å². The number of aliphatic hydroxyl groups is 1. The molecule has 1 atom stereocenters. The molecule has 17 heavy (non-hydrogen) atoms. The first-order valence-electron chi connectivity index (χ1n) is 6.00. The van der Waals surface area contributed by atoms with Gasteiger partial charge in [0, 0.05) is 17.1 Å². The maximum Gasteiger partial charge on any atom is 0.102 e. The van der Waals surface area contributed by atoms with Crippen molar-refractivity contribution < 1.29 is 5.11 Å². The van der Waals surface area contributed by atoms with E-state index in [1.54, 1.807) is 0 Å². The number of rotatable bonds is 4. The van der Waals surface area contributed by atoms with Crippen LogP contribution in [0.2, 0.25) is 5.02 Å². The largest absolute Gasteiger partial charge is 0.384 e. The second-order valence-corrected chi connectivity index (χ2v) is 5.93. The molecule has 0 radical (unpaired) electrons. The van der Waals surface area contributed by atoms with E-state index in [1.165, 1.54) is 0 Å². The Morgan fingerprint density at radius 2 is 1.71 bits per heavy atom. The number of benzene rings is 1. The molecule has 0 saturated heterocycles. The van der Waals surface area contributed by atoms with Gasteiger partial charge < -0.3 is 10.4 Å². The predicted octanol–water partition coefficient (Wildman–Crippen LogP) is 3.33. The van der Waals surface area contributed by atoms with Gasteiger partial charge in [-0.25, -0.2) is 0 Å². The molecule has 3 heteroatoms. The third-order valence-electron chi connectivity index (χ3n) is 2.88. The highest BCUT2D eigenvalue weighted by Crippen LogP contribution is 2.26. The SMILES string of the molecule is CCC(O)(CNC(C)(C)C)c1ccc(Cl)cc1. The zero-order valence-corrected chi connectivity index (χ0v) is 11.8. The van der Waals surface area contributed by atoms with E-state index in [9.17, 15) is 5.11 Å². The van der Waals surface area contributed by atoms with Gasteiger partial charge in [0.1, 0.15) is 5.60 Å². The van der Waals surface area contributed by atoms with Gasteiger partial charge in [-0.1, -0.05) is 30.7 Å². The van der Waals surface area contributed by atoms with E-state index in [-0.39, 0.29) is 5.54 Å². The maximum atomic E-state index is 10.6. The summed E-state index contributed by atoms with van der Waals surface area (Å²) in [6, 6.07) is 7.40. The number of hydrogen-bond acceptors (Lipinski definition) is 2. The van der Waals surface area contributed by atoms with Crippen LogP contribution in [0.25, 0.3) is 0 Å². The van der Waals surface area contributed by atoms with Gasteiger partial charge in [0.05, 0.1) is 0 Å². The summed E-state index contributed by atoms with van der Waals surface area (Å²) in [5, 5.41) is 14.7. The normalized spacial score (nSPS) is 15.6. The van der Waals surface area contributed by atoms with Crippen LogP contribution in [-0.4, -0.2) is 17.2 Å². The van der Waals surface area contributed by atoms with E-state index >= 15 is 0 Å². The quantitative estimate of drug-likeness (QED) is 0.865. The summed E-state index contributed by atoms with van der Waals surface area (Å²) < 4.78 is 0. The van der Waals surface area contributed by atoms with Gasteiger partial charge in [-0.3, -0.25) is 0 Å². The van der Waals surface area contributed by atoms with Crippen molar-refractivity contribution in [1.82, 2.24) is 5.32 Å². The zero-order valence-electron chi connectivity index (χ0n) is 11.0. The first-order chi connectivity index (χ1) is 7.77. The van der Waals surface area contributed by atoms with Gasteiger partial charge in [0.15, 0.2) is 0 Å². The fraction of sp³-hybridized carbons (Fsp3) is 0.571. The molecule has 0 aliphatic rings. The molecular weight excluding hydrogens is 234 g/mol. The van der Waals surface area contributed by atoms with Gasteiger partial charge in [0.25, 0.3) is 0 Å². The fourth-order valence-corrected chi connectivity index (χ4v) is 1.73. The fourth-order valence-electron chi connectivity index (χ4n) is 1.60. The Morgan fingerprint density at radius 3 is 2.12 bits per heavy atom. The summed E-state index contributed by atoms with van der Waals surface area (Å²) in [6.45, 7) is 8.79. The Labute approximate surface area is 109 Å². The summed E-state index contributed by atoms with van der Waals surface area (Å²) in [6.07, 6.45) is 0.664. The molecule has 0 spiro atoms. The minimum Gasteiger partial charge on any atom is -0.384 e. The molecule has 1 rings (SSSR count). The van der Waals surface area contributed by atoms with Crippen molar-refractivity contribution in [3.63, 3.8) is 0 Å². The Kier molecular flexibility index (Phi) is 4.59. The highest BCUT2D eigenvalue weighted by atomic mass is 35.5. The first-order valence-corrected chi connectivity index (χ1v) is 6.38. The lowest BCUT2D eigenvalue weighted by Crippen LogP contribution is -2.45. The maximum absolute atomic E-state index is 10.6. The molecule has 0 heterocycles. The van der Waals surface area contributed by atoms with Gasteiger partial charge in [0.2, 0.25) is 0 Å². The van der Waals surface area contributed by atoms with Crippen LogP contribution < -0.4 is 5.32 Å². The lowest BCUT2D eigenvalue weighted by Gasteiger charge is -2.32. The standard InChI is InChI=1S/C14H22ClNO/c1-5-14(17,10-16-13(2,3)4)11-6-8-12(15)9-7-11/h6-9,16-17H,5,10H2,1-4H3. The smallest absolute Gasteiger partial charge is 0.102 e. The van der Waals surface area contributed by atoms with E-state index < -0.39 is 5.60 Å². The third kappa shape index (κ3) is 4.30. The highest BCUT2D eigenvalue weighted by molar-refractivity contribution is 6.30. The van der Waals surface area contributed by atoms with Crippen molar-refractivity contribution in [3.8, 4) is 0 Å². The average molecular weight is 256 g/mol. The second-order valence-electron chi connectivity index (χ2n) is 5.50. The molecule has 1 unspecified atom stereocenters. The monoisotopic (exact) mass is 255 g/mol. The first kappa shape index (κ1) is 14.5. The van der Waals surface area contributed by atoms with Gasteiger partial charge in [-0.05, 0) is 44.9 Å². The van der Waals surface area contributed by atoms with Crippen molar-refractivity contribution in [3.05, 3.63) is 34.9 Å². The van der Waals surface area contributed by atoms with Crippen LogP contribution in [0.3, 0.4) is 0 Å². The Balaban J connectivity index is 2.84. The number of halogens is 1. The van der Waals surface area contributed by atoms with Crippen LogP contribution >= 0.6 is 11.6 Å². The topological polar surface area (TPSA) is 32.3 Å². The molecule has 0 aliphatic heterocycles. The third-order valence-corrected chi connectivity index (χ3v) is 3.13. The van der Waals surface area contributed by atoms with Gasteiger partial charge >= 0.3 is 0 Å². The Morgan fingerprint density at radius 1 is 1.18 bits per heavy atom. The zero-order chi connectivity index (χ0) is 13.1. The van der Waals surface area contributed by atoms with E-state index in [1.807, 2.05) is 31.2 Å². The summed E-state index contributed by atoms with van der Waals surface area (Å²) in [5.41, 5.74) is 0.0640. The summed E-state index contributed by atoms with van der Waals surface area (Å²) in [7, 11) is 0. The van der Waals surface area contributed by atoms with E-state index in [0.29, 0.717) is 18.0 Å². The summed E-state index contributed by atoms with van der Waals surface area (Å²) in [4.78, 5) is 0. The molecule has 0 bridgehead atoms. The molecule has 1 aromatic carbocycles. The molecule has 96 valence electrons. The van der Waals surface area contributed by atoms with Crippen LogP contribution in [0, 0.1) is 0 Å². The van der Waals surface area contributed by atoms with E-state index in [4.69, 9.17) is 11.6 Å². The van der Waals surface area contributed by atoms with E-state index in [0.717, 1.165) is 5.56 Å². The highest BCUT2D eigenvalue weighted by Gasteiger charge is 2.28. The number of β-amino-alcohol motifs (C(OH)–C–C–N with tert-alkyl or cyclic N) is 1.